The number of imide groups is 1. The third-order valence-electron chi connectivity index (χ3n) is 14.5. The molecule has 18 nitrogen and oxygen atoms in total. The quantitative estimate of drug-likeness (QED) is 0.0314. The van der Waals surface area contributed by atoms with Gasteiger partial charge in [-0.3, -0.25) is 38.7 Å². The van der Waals surface area contributed by atoms with Gasteiger partial charge in [-0.15, -0.1) is 0 Å². The van der Waals surface area contributed by atoms with Crippen molar-refractivity contribution in [1.29, 1.82) is 0 Å². The van der Waals surface area contributed by atoms with Crippen molar-refractivity contribution in [2.45, 2.75) is 149 Å². The Morgan fingerprint density at radius 1 is 0.800 bits per heavy atom. The molecule has 2 aromatic rings. The molecule has 2 aliphatic heterocycles. The number of methoxy groups -OCH3 is 2. The van der Waals surface area contributed by atoms with Crippen LogP contribution in [0.3, 0.4) is 0 Å². The van der Waals surface area contributed by atoms with Crippen molar-refractivity contribution < 1.29 is 43.0 Å². The zero-order valence-electron chi connectivity index (χ0n) is 46.7. The third kappa shape index (κ3) is 18.0. The summed E-state index contributed by atoms with van der Waals surface area (Å²) in [4.78, 5) is 105. The first-order valence-corrected chi connectivity index (χ1v) is 26.9. The molecule has 2 heterocycles. The van der Waals surface area contributed by atoms with Crippen LogP contribution >= 0.6 is 0 Å². The fourth-order valence-corrected chi connectivity index (χ4v) is 10.1. The van der Waals surface area contributed by atoms with Crippen LogP contribution in [0, 0.1) is 23.7 Å². The predicted molar refractivity (Wildman–Crippen MR) is 292 cm³/mol. The van der Waals surface area contributed by atoms with Crippen LogP contribution < -0.4 is 21.3 Å². The van der Waals surface area contributed by atoms with Crippen LogP contribution in [-0.4, -0.2) is 158 Å². The number of aliphatic imine (C=N–C) groups is 1. The number of rotatable bonds is 29. The van der Waals surface area contributed by atoms with E-state index in [-0.39, 0.29) is 66.8 Å². The molecule has 4 N–H and O–H groups in total. The number of nitrogens with zero attached hydrogens (tertiary/aromatic N) is 5. The molecule has 8 atom stereocenters. The van der Waals surface area contributed by atoms with Crippen molar-refractivity contribution in [1.82, 2.24) is 35.6 Å². The molecule has 0 bridgehead atoms. The average Bonchev–Trinajstić information content (AvgIpc) is 4.00. The van der Waals surface area contributed by atoms with Crippen LogP contribution in [-0.2, 0) is 51.2 Å². The van der Waals surface area contributed by atoms with E-state index >= 15 is 0 Å². The first kappa shape index (κ1) is 61.4. The highest BCUT2D eigenvalue weighted by Crippen LogP contribution is 2.30. The summed E-state index contributed by atoms with van der Waals surface area (Å²) in [5, 5.41) is 11.7. The van der Waals surface area contributed by atoms with Gasteiger partial charge in [0.25, 0.3) is 11.8 Å². The van der Waals surface area contributed by atoms with Crippen molar-refractivity contribution in [3.63, 3.8) is 0 Å². The van der Waals surface area contributed by atoms with Gasteiger partial charge in [0.2, 0.25) is 23.6 Å². The van der Waals surface area contributed by atoms with Crippen LogP contribution in [0.4, 0.5) is 10.5 Å². The minimum atomic E-state index is -0.956. The summed E-state index contributed by atoms with van der Waals surface area (Å²) in [6, 6.07) is 13.8. The number of amidine groups is 1. The number of unbranched alkanes of at least 4 members (excludes halogenated alkanes) is 3. The lowest BCUT2D eigenvalue weighted by molar-refractivity contribution is -0.146. The van der Waals surface area contributed by atoms with E-state index in [0.29, 0.717) is 44.6 Å². The molecular formula is C57H87N9O9. The number of hydrogen-bond acceptors (Lipinski definition) is 10. The van der Waals surface area contributed by atoms with Crippen molar-refractivity contribution in [3.8, 4) is 0 Å². The Morgan fingerprint density at radius 2 is 1.45 bits per heavy atom. The molecule has 2 aliphatic rings. The van der Waals surface area contributed by atoms with Gasteiger partial charge in [-0.05, 0) is 60.8 Å². The van der Waals surface area contributed by atoms with E-state index in [0.717, 1.165) is 42.6 Å². The van der Waals surface area contributed by atoms with Gasteiger partial charge >= 0.3 is 6.03 Å². The molecule has 0 saturated carbocycles. The predicted octanol–water partition coefficient (Wildman–Crippen LogP) is 6.20. The first-order chi connectivity index (χ1) is 35.7. The second-order valence-electron chi connectivity index (χ2n) is 20.9. The number of urea groups is 1. The minimum absolute atomic E-state index is 0.00604. The SMILES string of the molecule is CC[C@H](C)[C@@H]([C@@H](CC(=O)N1CCC[C@H]1[C@H](OC)[C@@H](C)C(=O)N[C@@H](Cc1ccccc1)C(=O)Nc1ccc(CNC(=O)NCCCCCCN2C(=O)C=CC2=O)cc1)OC)N(C)C(=O)[C@@H](N=C(C(C)C)N(C)C)C(C)C. The second-order valence-corrected chi connectivity index (χ2v) is 20.9. The molecule has 0 aliphatic carbocycles. The maximum absolute atomic E-state index is 14.5. The van der Waals surface area contributed by atoms with Crippen LogP contribution in [0.5, 0.6) is 0 Å². The van der Waals surface area contributed by atoms with Crippen molar-refractivity contribution in [2.75, 3.05) is 60.3 Å². The summed E-state index contributed by atoms with van der Waals surface area (Å²) >= 11 is 0. The number of benzene rings is 2. The Balaban J connectivity index is 1.37. The Kier molecular flexibility index (Phi) is 24.9. The average molecular weight is 1040 g/mol. The number of hydrogen-bond donors (Lipinski definition) is 4. The number of nitrogens with one attached hydrogen (secondary N) is 4. The molecule has 8 amide bonds. The zero-order chi connectivity index (χ0) is 55.4. The van der Waals surface area contributed by atoms with Crippen LogP contribution in [0.1, 0.15) is 111 Å². The smallest absolute Gasteiger partial charge is 0.315 e. The summed E-state index contributed by atoms with van der Waals surface area (Å²) in [6.45, 7) is 15.6. The summed E-state index contributed by atoms with van der Waals surface area (Å²) in [6.07, 6.45) is 6.70. The number of anilines is 1. The molecular weight excluding hydrogens is 955 g/mol. The molecule has 75 heavy (non-hydrogen) atoms. The fraction of sp³-hybridized carbons (Fsp3) is 0.614. The number of likely N-dealkylation sites (N-methyl/N-ethyl adjacent to an activating group) is 1. The Bertz CT molecular complexity index is 2230. The van der Waals surface area contributed by atoms with Crippen LogP contribution in [0.15, 0.2) is 71.7 Å². The molecule has 18 heteroatoms. The topological polar surface area (TPSA) is 211 Å². The fourth-order valence-electron chi connectivity index (χ4n) is 10.1. The maximum Gasteiger partial charge on any atom is 0.315 e. The van der Waals surface area contributed by atoms with Crippen molar-refractivity contribution in [3.05, 3.63) is 77.9 Å². The van der Waals surface area contributed by atoms with Crippen molar-refractivity contribution >= 4 is 53.0 Å². The van der Waals surface area contributed by atoms with E-state index in [1.165, 1.54) is 24.2 Å². The van der Waals surface area contributed by atoms with Gasteiger partial charge in [0.05, 0.1) is 36.6 Å². The summed E-state index contributed by atoms with van der Waals surface area (Å²) in [7, 11) is 8.78. The van der Waals surface area contributed by atoms with Gasteiger partial charge in [0, 0.05) is 91.7 Å². The molecule has 2 aromatic carbocycles. The van der Waals surface area contributed by atoms with E-state index in [1.807, 2.05) is 63.2 Å². The normalized spacial score (nSPS) is 17.6. The molecule has 4 rings (SSSR count). The number of ether oxygens (including phenoxy) is 2. The van der Waals surface area contributed by atoms with Gasteiger partial charge in [0.15, 0.2) is 0 Å². The molecule has 0 unspecified atom stereocenters. The van der Waals surface area contributed by atoms with Crippen LogP contribution in [0.2, 0.25) is 0 Å². The number of carbonyl (C=O) groups excluding carboxylic acids is 7. The lowest BCUT2D eigenvalue weighted by atomic mass is 9.89. The van der Waals surface area contributed by atoms with Crippen LogP contribution in [0.25, 0.3) is 0 Å². The Labute approximate surface area is 446 Å². The van der Waals surface area contributed by atoms with Gasteiger partial charge in [-0.25, -0.2) is 4.79 Å². The summed E-state index contributed by atoms with van der Waals surface area (Å²) in [5.41, 5.74) is 2.17. The molecule has 0 aromatic heterocycles. The summed E-state index contributed by atoms with van der Waals surface area (Å²) in [5.74, 6) is -1.53. The number of amides is 8. The lowest BCUT2D eigenvalue weighted by Crippen LogP contribution is -2.55. The number of carbonyl (C=O) groups is 7. The van der Waals surface area contributed by atoms with Gasteiger partial charge in [-0.1, -0.05) is 110 Å². The van der Waals surface area contributed by atoms with Gasteiger partial charge in [-0.2, -0.15) is 0 Å². The van der Waals surface area contributed by atoms with E-state index in [1.54, 1.807) is 55.1 Å². The molecule has 1 saturated heterocycles. The maximum atomic E-state index is 14.5. The van der Waals surface area contributed by atoms with Crippen molar-refractivity contribution in [2.24, 2.45) is 28.7 Å². The van der Waals surface area contributed by atoms with E-state index < -0.39 is 54.1 Å². The number of likely N-dealkylation sites (tertiary alicyclic amines) is 1. The lowest BCUT2D eigenvalue weighted by Gasteiger charge is -2.40. The largest absolute Gasteiger partial charge is 0.379 e. The highest BCUT2D eigenvalue weighted by Gasteiger charge is 2.43. The standard InChI is InChI=1S/C57H87N9O9/c1-13-39(6)51(64(10)56(72)50(37(2)3)62-53(38(4)5)63(8)9)46(74-11)35-49(69)65-33-21-24-45(65)52(75-12)40(7)54(70)61-44(34-41-22-17-16-18-23-41)55(71)60-43-27-25-42(26-28-43)36-59-57(73)58-31-19-14-15-20-32-66-47(67)29-30-48(66)68/h16-18,22-23,25-30,37-40,44-46,50-52H,13-15,19-21,24,31-36H2,1-12H3,(H,60,71)(H,61,70)(H2,58,59,73)/t39-,40+,44-,45-,46+,50-,51-,52+/m0/s1. The second kappa shape index (κ2) is 30.4. The first-order valence-electron chi connectivity index (χ1n) is 26.9. The third-order valence-corrected chi connectivity index (χ3v) is 14.5. The van der Waals surface area contributed by atoms with E-state index in [9.17, 15) is 33.6 Å². The molecule has 1 fully saturated rings. The highest BCUT2D eigenvalue weighted by molar-refractivity contribution is 6.12. The molecule has 0 spiro atoms. The van der Waals surface area contributed by atoms with E-state index in [4.69, 9.17) is 14.5 Å². The van der Waals surface area contributed by atoms with E-state index in [2.05, 4.69) is 49.0 Å². The Morgan fingerprint density at radius 3 is 2.04 bits per heavy atom. The van der Waals surface area contributed by atoms with Gasteiger partial charge < -0.3 is 45.4 Å². The molecule has 414 valence electrons. The highest BCUT2D eigenvalue weighted by atomic mass is 16.5. The zero-order valence-corrected chi connectivity index (χ0v) is 46.7. The Hall–Kier alpha value is -6.14. The summed E-state index contributed by atoms with van der Waals surface area (Å²) < 4.78 is 12.2. The monoisotopic (exact) mass is 1040 g/mol. The van der Waals surface area contributed by atoms with Gasteiger partial charge in [0.1, 0.15) is 17.9 Å². The molecule has 0 radical (unpaired) electrons. The minimum Gasteiger partial charge on any atom is -0.379 e.